The number of carbonyl (C=O) groups is 2. The summed E-state index contributed by atoms with van der Waals surface area (Å²) in [5.41, 5.74) is 3.25. The van der Waals surface area contributed by atoms with E-state index in [0.29, 0.717) is 27.1 Å². The first-order valence-corrected chi connectivity index (χ1v) is 10.0. The van der Waals surface area contributed by atoms with Crippen LogP contribution in [0.2, 0.25) is 15.1 Å². The molecule has 0 heterocycles. The molecule has 1 N–H and O–H groups in total. The molecule has 0 atom stereocenters. The van der Waals surface area contributed by atoms with E-state index in [1.165, 1.54) is 18.3 Å². The van der Waals surface area contributed by atoms with E-state index in [-0.39, 0.29) is 17.2 Å². The molecule has 0 saturated heterocycles. The molecule has 3 rings (SSSR count). The quantitative estimate of drug-likeness (QED) is 0.214. The van der Waals surface area contributed by atoms with Gasteiger partial charge in [0, 0.05) is 10.0 Å². The summed E-state index contributed by atoms with van der Waals surface area (Å²) in [5.74, 6) is -0.222. The third kappa shape index (κ3) is 7.00. The van der Waals surface area contributed by atoms with Crippen LogP contribution in [0, 0.1) is 0 Å². The van der Waals surface area contributed by atoms with Crippen molar-refractivity contribution in [1.82, 2.24) is 5.43 Å². The first-order chi connectivity index (χ1) is 14.9. The van der Waals surface area contributed by atoms with Gasteiger partial charge in [0.1, 0.15) is 11.5 Å². The third-order valence-corrected chi connectivity index (χ3v) is 4.59. The van der Waals surface area contributed by atoms with Crippen molar-refractivity contribution in [3.05, 3.63) is 92.9 Å². The number of hydrogen-bond acceptors (Lipinski definition) is 5. The zero-order valence-electron chi connectivity index (χ0n) is 15.8. The predicted molar refractivity (Wildman–Crippen MR) is 121 cm³/mol. The van der Waals surface area contributed by atoms with Crippen molar-refractivity contribution in [2.75, 3.05) is 6.61 Å². The lowest BCUT2D eigenvalue weighted by atomic mass is 10.2. The first-order valence-electron chi connectivity index (χ1n) is 8.88. The smallest absolute Gasteiger partial charge is 0.345 e. The molecule has 0 unspecified atom stereocenters. The number of hydrogen-bond donors (Lipinski definition) is 1. The number of carbonyl (C=O) groups excluding carboxylic acids is 2. The van der Waals surface area contributed by atoms with Gasteiger partial charge in [0.15, 0.2) is 6.61 Å². The van der Waals surface area contributed by atoms with Crippen molar-refractivity contribution >= 4 is 52.9 Å². The molecule has 0 saturated carbocycles. The van der Waals surface area contributed by atoms with E-state index in [4.69, 9.17) is 44.3 Å². The lowest BCUT2D eigenvalue weighted by Crippen LogP contribution is -2.24. The van der Waals surface area contributed by atoms with Crippen LogP contribution in [0.1, 0.15) is 15.9 Å². The molecule has 9 heteroatoms. The van der Waals surface area contributed by atoms with Gasteiger partial charge in [-0.25, -0.2) is 10.2 Å². The van der Waals surface area contributed by atoms with E-state index >= 15 is 0 Å². The monoisotopic (exact) mass is 476 g/mol. The molecule has 0 spiro atoms. The fraction of sp³-hybridized carbons (Fsp3) is 0.0455. The highest BCUT2D eigenvalue weighted by Gasteiger charge is 2.13. The van der Waals surface area contributed by atoms with Crippen LogP contribution >= 0.6 is 34.8 Å². The Bertz CT molecular complexity index is 1120. The number of amides is 1. The molecule has 158 valence electrons. The van der Waals surface area contributed by atoms with Gasteiger partial charge in [-0.15, -0.1) is 0 Å². The Hall–Kier alpha value is -3.06. The molecule has 0 radical (unpaired) electrons. The molecule has 3 aromatic carbocycles. The Morgan fingerprint density at radius 2 is 1.65 bits per heavy atom. The second kappa shape index (κ2) is 10.8. The number of rotatable bonds is 7. The molecule has 31 heavy (non-hydrogen) atoms. The van der Waals surface area contributed by atoms with Crippen LogP contribution in [-0.2, 0) is 4.79 Å². The molecular weight excluding hydrogens is 463 g/mol. The minimum atomic E-state index is -0.602. The minimum Gasteiger partial charge on any atom is -0.484 e. The molecule has 0 aliphatic heterocycles. The van der Waals surface area contributed by atoms with Crippen molar-refractivity contribution in [3.63, 3.8) is 0 Å². The fourth-order valence-corrected chi connectivity index (χ4v) is 3.02. The number of esters is 1. The normalized spacial score (nSPS) is 10.7. The third-order valence-electron chi connectivity index (χ3n) is 3.81. The van der Waals surface area contributed by atoms with E-state index in [1.54, 1.807) is 54.6 Å². The van der Waals surface area contributed by atoms with Crippen molar-refractivity contribution in [1.29, 1.82) is 0 Å². The van der Waals surface area contributed by atoms with Crippen LogP contribution in [0.3, 0.4) is 0 Å². The number of nitrogens with one attached hydrogen (secondary N) is 1. The molecule has 0 aromatic heterocycles. The van der Waals surface area contributed by atoms with Gasteiger partial charge < -0.3 is 9.47 Å². The second-order valence-electron chi connectivity index (χ2n) is 6.12. The summed E-state index contributed by atoms with van der Waals surface area (Å²) < 4.78 is 10.6. The van der Waals surface area contributed by atoms with Gasteiger partial charge in [0.2, 0.25) is 0 Å². The zero-order chi connectivity index (χ0) is 22.2. The highest BCUT2D eigenvalue weighted by Crippen LogP contribution is 2.23. The summed E-state index contributed by atoms with van der Waals surface area (Å²) in [7, 11) is 0. The summed E-state index contributed by atoms with van der Waals surface area (Å²) in [4.78, 5) is 24.0. The summed E-state index contributed by atoms with van der Waals surface area (Å²) in [6.07, 6.45) is 1.44. The second-order valence-corrected chi connectivity index (χ2v) is 7.40. The van der Waals surface area contributed by atoms with Gasteiger partial charge in [-0.3, -0.25) is 4.79 Å². The summed E-state index contributed by atoms with van der Waals surface area (Å²) in [5, 5.41) is 5.01. The van der Waals surface area contributed by atoms with E-state index in [1.807, 2.05) is 0 Å². The van der Waals surface area contributed by atoms with Crippen LogP contribution in [0.5, 0.6) is 11.5 Å². The maximum absolute atomic E-state index is 12.2. The van der Waals surface area contributed by atoms with Crippen LogP contribution in [0.25, 0.3) is 0 Å². The lowest BCUT2D eigenvalue weighted by Gasteiger charge is -2.06. The summed E-state index contributed by atoms with van der Waals surface area (Å²) in [6, 6.07) is 17.8. The Morgan fingerprint density at radius 3 is 2.35 bits per heavy atom. The van der Waals surface area contributed by atoms with Gasteiger partial charge in [-0.2, -0.15) is 5.10 Å². The SMILES string of the molecule is O=C(COc1cccc(Cl)c1)N/N=C\c1ccc(OC(=O)c2ccc(Cl)cc2Cl)cc1. The molecule has 0 bridgehead atoms. The molecule has 0 aliphatic rings. The van der Waals surface area contributed by atoms with Crippen molar-refractivity contribution in [2.24, 2.45) is 5.10 Å². The minimum absolute atomic E-state index is 0.205. The number of ether oxygens (including phenoxy) is 2. The largest absolute Gasteiger partial charge is 0.484 e. The number of hydrazone groups is 1. The molecular formula is C22H15Cl3N2O4. The number of benzene rings is 3. The maximum Gasteiger partial charge on any atom is 0.345 e. The highest BCUT2D eigenvalue weighted by atomic mass is 35.5. The Balaban J connectivity index is 1.48. The summed E-state index contributed by atoms with van der Waals surface area (Å²) >= 11 is 17.7. The van der Waals surface area contributed by atoms with Crippen LogP contribution in [0.15, 0.2) is 71.8 Å². The number of nitrogens with zero attached hydrogens (tertiary/aromatic N) is 1. The van der Waals surface area contributed by atoms with Crippen molar-refractivity contribution < 1.29 is 19.1 Å². The van der Waals surface area contributed by atoms with Crippen molar-refractivity contribution in [3.8, 4) is 11.5 Å². The Kier molecular flexibility index (Phi) is 7.89. The molecule has 1 amide bonds. The van der Waals surface area contributed by atoms with Gasteiger partial charge in [0.05, 0.1) is 16.8 Å². The lowest BCUT2D eigenvalue weighted by molar-refractivity contribution is -0.123. The van der Waals surface area contributed by atoms with E-state index < -0.39 is 11.9 Å². The van der Waals surface area contributed by atoms with Gasteiger partial charge in [-0.1, -0.05) is 40.9 Å². The average Bonchev–Trinajstić information content (AvgIpc) is 2.73. The van der Waals surface area contributed by atoms with Crippen LogP contribution in [0.4, 0.5) is 0 Å². The zero-order valence-corrected chi connectivity index (χ0v) is 18.1. The molecule has 0 fully saturated rings. The Morgan fingerprint density at radius 1 is 0.903 bits per heavy atom. The van der Waals surface area contributed by atoms with Crippen LogP contribution in [-0.4, -0.2) is 24.7 Å². The van der Waals surface area contributed by atoms with Gasteiger partial charge >= 0.3 is 5.97 Å². The van der Waals surface area contributed by atoms with Gasteiger partial charge in [0.25, 0.3) is 5.91 Å². The molecule has 6 nitrogen and oxygen atoms in total. The fourth-order valence-electron chi connectivity index (χ4n) is 2.36. The summed E-state index contributed by atoms with van der Waals surface area (Å²) in [6.45, 7) is -0.209. The highest BCUT2D eigenvalue weighted by molar-refractivity contribution is 6.36. The maximum atomic E-state index is 12.2. The topological polar surface area (TPSA) is 77.0 Å². The average molecular weight is 478 g/mol. The van der Waals surface area contributed by atoms with Crippen LogP contribution < -0.4 is 14.9 Å². The van der Waals surface area contributed by atoms with E-state index in [2.05, 4.69) is 10.5 Å². The standard InChI is InChI=1S/C22H15Cl3N2O4/c23-15-2-1-3-18(10-15)30-13-21(28)27-26-12-14-4-7-17(8-5-14)31-22(29)19-9-6-16(24)11-20(19)25/h1-12H,13H2,(H,27,28)/b26-12-. The van der Waals surface area contributed by atoms with Crippen molar-refractivity contribution in [2.45, 2.75) is 0 Å². The van der Waals surface area contributed by atoms with Gasteiger partial charge in [-0.05, 0) is 66.2 Å². The van der Waals surface area contributed by atoms with E-state index in [0.717, 1.165) is 0 Å². The first kappa shape index (κ1) is 22.6. The Labute approximate surface area is 193 Å². The number of halogens is 3. The predicted octanol–water partition coefficient (Wildman–Crippen LogP) is 5.40. The molecule has 3 aromatic rings. The molecule has 0 aliphatic carbocycles. The van der Waals surface area contributed by atoms with E-state index in [9.17, 15) is 9.59 Å².